The van der Waals surface area contributed by atoms with Gasteiger partial charge in [-0.1, -0.05) is 5.10 Å². The van der Waals surface area contributed by atoms with Crippen LogP contribution in [0.25, 0.3) is 0 Å². The molecule has 2 rings (SSSR count). The van der Waals surface area contributed by atoms with Crippen molar-refractivity contribution >= 4 is 39.2 Å². The molecule has 17 heavy (non-hydrogen) atoms. The van der Waals surface area contributed by atoms with Crippen LogP contribution in [0.5, 0.6) is 5.75 Å². The van der Waals surface area contributed by atoms with Gasteiger partial charge in [0.15, 0.2) is 0 Å². The lowest BCUT2D eigenvalue weighted by Gasteiger charge is -2.06. The highest BCUT2D eigenvalue weighted by Gasteiger charge is 2.08. The number of alkyl halides is 1. The number of nitrogens with zero attached hydrogens (tertiary/aromatic N) is 2. The SMILES string of the molecule is COc1ccc(Br)c(Nc2nnc(CCl)o2)c1. The summed E-state index contributed by atoms with van der Waals surface area (Å²) in [4.78, 5) is 0. The van der Waals surface area contributed by atoms with Gasteiger partial charge in [-0.25, -0.2) is 0 Å². The number of methoxy groups -OCH3 is 1. The largest absolute Gasteiger partial charge is 0.497 e. The van der Waals surface area contributed by atoms with Gasteiger partial charge in [0.2, 0.25) is 5.89 Å². The average molecular weight is 319 g/mol. The van der Waals surface area contributed by atoms with Gasteiger partial charge < -0.3 is 14.5 Å². The van der Waals surface area contributed by atoms with E-state index in [2.05, 4.69) is 31.4 Å². The molecule has 0 spiro atoms. The second-order valence-corrected chi connectivity index (χ2v) is 4.23. The van der Waals surface area contributed by atoms with Crippen molar-refractivity contribution in [1.29, 1.82) is 0 Å². The van der Waals surface area contributed by atoms with Crippen LogP contribution in [0.3, 0.4) is 0 Å². The zero-order valence-electron chi connectivity index (χ0n) is 8.91. The minimum Gasteiger partial charge on any atom is -0.497 e. The third-order valence-electron chi connectivity index (χ3n) is 2.00. The molecule has 0 atom stereocenters. The fourth-order valence-electron chi connectivity index (χ4n) is 1.20. The van der Waals surface area contributed by atoms with Crippen molar-refractivity contribution in [2.24, 2.45) is 0 Å². The summed E-state index contributed by atoms with van der Waals surface area (Å²) in [5, 5.41) is 10.5. The Morgan fingerprint density at radius 1 is 1.47 bits per heavy atom. The van der Waals surface area contributed by atoms with Crippen LogP contribution in [0.2, 0.25) is 0 Å². The molecule has 0 aliphatic carbocycles. The normalized spacial score (nSPS) is 10.3. The number of aromatic nitrogens is 2. The van der Waals surface area contributed by atoms with Crippen LogP contribution in [0.1, 0.15) is 5.89 Å². The molecular formula is C10H9BrClN3O2. The van der Waals surface area contributed by atoms with Crippen LogP contribution in [0.4, 0.5) is 11.7 Å². The first-order valence-corrected chi connectivity index (χ1v) is 6.04. The molecule has 1 aromatic heterocycles. The number of hydrogen-bond donors (Lipinski definition) is 1. The molecule has 0 unspecified atom stereocenters. The van der Waals surface area contributed by atoms with E-state index in [1.54, 1.807) is 7.11 Å². The molecule has 0 aliphatic heterocycles. The van der Waals surface area contributed by atoms with E-state index in [9.17, 15) is 0 Å². The lowest BCUT2D eigenvalue weighted by atomic mass is 10.3. The molecule has 0 radical (unpaired) electrons. The zero-order chi connectivity index (χ0) is 12.3. The highest BCUT2D eigenvalue weighted by atomic mass is 79.9. The lowest BCUT2D eigenvalue weighted by molar-refractivity contribution is 0.415. The first-order valence-electron chi connectivity index (χ1n) is 4.72. The summed E-state index contributed by atoms with van der Waals surface area (Å²) in [6.45, 7) is 0. The van der Waals surface area contributed by atoms with Crippen LogP contribution in [-0.2, 0) is 5.88 Å². The molecule has 0 saturated heterocycles. The Bertz CT molecular complexity index is 518. The molecule has 0 bridgehead atoms. The number of benzene rings is 1. The Balaban J connectivity index is 2.22. The Labute approximate surface area is 111 Å². The summed E-state index contributed by atoms with van der Waals surface area (Å²) in [6.07, 6.45) is 0. The predicted molar refractivity (Wildman–Crippen MR) is 67.8 cm³/mol. The average Bonchev–Trinajstić information content (AvgIpc) is 2.80. The number of ether oxygens (including phenoxy) is 1. The van der Waals surface area contributed by atoms with Gasteiger partial charge in [0, 0.05) is 10.5 Å². The molecule has 1 heterocycles. The van der Waals surface area contributed by atoms with Gasteiger partial charge in [-0.2, -0.15) is 0 Å². The highest BCUT2D eigenvalue weighted by Crippen LogP contribution is 2.29. The second-order valence-electron chi connectivity index (χ2n) is 3.11. The number of hydrogen-bond acceptors (Lipinski definition) is 5. The summed E-state index contributed by atoms with van der Waals surface area (Å²) in [5.74, 6) is 1.29. The summed E-state index contributed by atoms with van der Waals surface area (Å²) < 4.78 is 11.2. The van der Waals surface area contributed by atoms with Crippen molar-refractivity contribution < 1.29 is 9.15 Å². The summed E-state index contributed by atoms with van der Waals surface area (Å²) in [5.41, 5.74) is 0.772. The van der Waals surface area contributed by atoms with Crippen LogP contribution in [-0.4, -0.2) is 17.3 Å². The molecule has 0 amide bonds. The van der Waals surface area contributed by atoms with Crippen molar-refractivity contribution in [3.05, 3.63) is 28.6 Å². The van der Waals surface area contributed by atoms with Crippen molar-refractivity contribution in [1.82, 2.24) is 10.2 Å². The summed E-state index contributed by atoms with van der Waals surface area (Å²) in [7, 11) is 1.60. The quantitative estimate of drug-likeness (QED) is 0.876. The molecule has 1 N–H and O–H groups in total. The lowest BCUT2D eigenvalue weighted by Crippen LogP contribution is -1.93. The van der Waals surface area contributed by atoms with Gasteiger partial charge in [-0.05, 0) is 28.1 Å². The maximum Gasteiger partial charge on any atom is 0.320 e. The monoisotopic (exact) mass is 317 g/mol. The Morgan fingerprint density at radius 2 is 2.29 bits per heavy atom. The predicted octanol–water partition coefficient (Wildman–Crippen LogP) is 3.32. The van der Waals surface area contributed by atoms with Gasteiger partial charge in [0.25, 0.3) is 0 Å². The van der Waals surface area contributed by atoms with Crippen molar-refractivity contribution in [3.63, 3.8) is 0 Å². The fraction of sp³-hybridized carbons (Fsp3) is 0.200. The maximum atomic E-state index is 5.57. The van der Waals surface area contributed by atoms with Gasteiger partial charge in [0.1, 0.15) is 11.6 Å². The zero-order valence-corrected chi connectivity index (χ0v) is 11.2. The number of rotatable bonds is 4. The van der Waals surface area contributed by atoms with E-state index in [4.69, 9.17) is 20.8 Å². The van der Waals surface area contributed by atoms with Crippen molar-refractivity contribution in [2.45, 2.75) is 5.88 Å². The molecule has 90 valence electrons. The minimum atomic E-state index is 0.188. The van der Waals surface area contributed by atoms with Gasteiger partial charge in [-0.3, -0.25) is 0 Å². The van der Waals surface area contributed by atoms with E-state index in [0.717, 1.165) is 15.9 Å². The number of nitrogens with one attached hydrogen (secondary N) is 1. The van der Waals surface area contributed by atoms with Gasteiger partial charge >= 0.3 is 6.01 Å². The third kappa shape index (κ3) is 2.89. The second kappa shape index (κ2) is 5.37. The first kappa shape index (κ1) is 12.2. The Morgan fingerprint density at radius 3 is 2.94 bits per heavy atom. The van der Waals surface area contributed by atoms with E-state index in [1.165, 1.54) is 0 Å². The summed E-state index contributed by atoms with van der Waals surface area (Å²) in [6, 6.07) is 5.80. The molecule has 5 nitrogen and oxygen atoms in total. The van der Waals surface area contributed by atoms with E-state index in [-0.39, 0.29) is 11.9 Å². The van der Waals surface area contributed by atoms with Crippen molar-refractivity contribution in [2.75, 3.05) is 12.4 Å². The van der Waals surface area contributed by atoms with E-state index in [0.29, 0.717) is 5.89 Å². The highest BCUT2D eigenvalue weighted by molar-refractivity contribution is 9.10. The molecule has 0 aliphatic rings. The number of halogens is 2. The molecule has 1 aromatic carbocycles. The molecular weight excluding hydrogens is 309 g/mol. The third-order valence-corrected chi connectivity index (χ3v) is 2.92. The Hall–Kier alpha value is -1.27. The van der Waals surface area contributed by atoms with Crippen molar-refractivity contribution in [3.8, 4) is 5.75 Å². The molecule has 0 fully saturated rings. The number of anilines is 2. The smallest absolute Gasteiger partial charge is 0.320 e. The van der Waals surface area contributed by atoms with Crippen LogP contribution >= 0.6 is 27.5 Å². The molecule has 2 aromatic rings. The van der Waals surface area contributed by atoms with Crippen LogP contribution in [0, 0.1) is 0 Å². The minimum absolute atomic E-state index is 0.188. The Kier molecular flexibility index (Phi) is 3.86. The van der Waals surface area contributed by atoms with Crippen LogP contribution in [0.15, 0.2) is 27.1 Å². The van der Waals surface area contributed by atoms with Crippen LogP contribution < -0.4 is 10.1 Å². The fourth-order valence-corrected chi connectivity index (χ4v) is 1.65. The van der Waals surface area contributed by atoms with Gasteiger partial charge in [-0.15, -0.1) is 16.7 Å². The van der Waals surface area contributed by atoms with Gasteiger partial charge in [0.05, 0.1) is 12.8 Å². The topological polar surface area (TPSA) is 60.2 Å². The summed E-state index contributed by atoms with van der Waals surface area (Å²) >= 11 is 8.98. The molecule has 7 heteroatoms. The maximum absolute atomic E-state index is 5.57. The molecule has 0 saturated carbocycles. The van der Waals surface area contributed by atoms with E-state index < -0.39 is 0 Å². The first-order chi connectivity index (χ1) is 8.22. The van der Waals surface area contributed by atoms with E-state index in [1.807, 2.05) is 18.2 Å². The standard InChI is InChI=1S/C10H9BrClN3O2/c1-16-6-2-3-7(11)8(4-6)13-10-15-14-9(5-12)17-10/h2-4H,5H2,1H3,(H,13,15). The van der Waals surface area contributed by atoms with E-state index >= 15 is 0 Å².